The number of nitrogens with zero attached hydrogens (tertiary/aromatic N) is 1. The molecule has 4 heteroatoms. The van der Waals surface area contributed by atoms with Crippen LogP contribution in [0.15, 0.2) is 0 Å². The van der Waals surface area contributed by atoms with Crippen molar-refractivity contribution in [2.75, 3.05) is 19.7 Å². The van der Waals surface area contributed by atoms with Crippen molar-refractivity contribution in [3.05, 3.63) is 0 Å². The number of amides is 1. The van der Waals surface area contributed by atoms with Crippen molar-refractivity contribution in [2.24, 2.45) is 23.5 Å². The molecule has 0 aromatic heterocycles. The second-order valence-electron chi connectivity index (χ2n) is 5.68. The summed E-state index contributed by atoms with van der Waals surface area (Å²) >= 11 is 0. The molecule has 1 saturated heterocycles. The monoisotopic (exact) mass is 240 g/mol. The molecule has 2 rings (SSSR count). The van der Waals surface area contributed by atoms with Crippen LogP contribution < -0.4 is 5.73 Å². The van der Waals surface area contributed by atoms with E-state index in [0.29, 0.717) is 5.92 Å². The van der Waals surface area contributed by atoms with Crippen molar-refractivity contribution in [3.63, 3.8) is 0 Å². The van der Waals surface area contributed by atoms with E-state index >= 15 is 0 Å². The van der Waals surface area contributed by atoms with Gasteiger partial charge in [-0.25, -0.2) is 0 Å². The van der Waals surface area contributed by atoms with Crippen molar-refractivity contribution in [3.8, 4) is 0 Å². The number of rotatable bonds is 2. The van der Waals surface area contributed by atoms with E-state index in [1.165, 1.54) is 0 Å². The van der Waals surface area contributed by atoms with Crippen LogP contribution in [0.2, 0.25) is 0 Å². The van der Waals surface area contributed by atoms with Gasteiger partial charge < -0.3 is 15.7 Å². The van der Waals surface area contributed by atoms with Crippen LogP contribution in [0.1, 0.15) is 32.6 Å². The molecule has 2 aliphatic rings. The smallest absolute Gasteiger partial charge is 0.226 e. The van der Waals surface area contributed by atoms with E-state index in [9.17, 15) is 4.79 Å². The zero-order valence-electron chi connectivity index (χ0n) is 10.6. The van der Waals surface area contributed by atoms with Crippen molar-refractivity contribution in [1.29, 1.82) is 0 Å². The van der Waals surface area contributed by atoms with E-state index in [4.69, 9.17) is 10.8 Å². The van der Waals surface area contributed by atoms with Gasteiger partial charge in [0.1, 0.15) is 0 Å². The van der Waals surface area contributed by atoms with Gasteiger partial charge in [-0.05, 0) is 25.2 Å². The zero-order valence-corrected chi connectivity index (χ0v) is 10.6. The molecule has 1 heterocycles. The number of nitrogens with two attached hydrogens (primary N) is 1. The van der Waals surface area contributed by atoms with E-state index in [1.54, 1.807) is 0 Å². The average Bonchev–Trinajstić information content (AvgIpc) is 2.80. The van der Waals surface area contributed by atoms with Crippen molar-refractivity contribution >= 4 is 5.91 Å². The van der Waals surface area contributed by atoms with E-state index in [2.05, 4.69) is 6.92 Å². The lowest BCUT2D eigenvalue weighted by atomic mass is 9.76. The molecule has 0 spiro atoms. The Labute approximate surface area is 103 Å². The highest BCUT2D eigenvalue weighted by molar-refractivity contribution is 5.79. The van der Waals surface area contributed by atoms with Gasteiger partial charge in [-0.15, -0.1) is 0 Å². The number of hydrogen-bond acceptors (Lipinski definition) is 3. The Morgan fingerprint density at radius 1 is 1.41 bits per heavy atom. The summed E-state index contributed by atoms with van der Waals surface area (Å²) < 4.78 is 0. The van der Waals surface area contributed by atoms with Crippen molar-refractivity contribution in [2.45, 2.75) is 38.6 Å². The van der Waals surface area contributed by atoms with Gasteiger partial charge in [0.25, 0.3) is 0 Å². The van der Waals surface area contributed by atoms with Gasteiger partial charge in [0.2, 0.25) is 5.91 Å². The Kier molecular flexibility index (Phi) is 4.05. The third-order valence-electron chi connectivity index (χ3n) is 4.54. The lowest BCUT2D eigenvalue weighted by molar-refractivity contribution is -0.137. The van der Waals surface area contributed by atoms with E-state index in [-0.39, 0.29) is 30.4 Å². The summed E-state index contributed by atoms with van der Waals surface area (Å²) in [5, 5.41) is 9.11. The van der Waals surface area contributed by atoms with Crippen molar-refractivity contribution < 1.29 is 9.90 Å². The summed E-state index contributed by atoms with van der Waals surface area (Å²) in [6, 6.07) is 0.175. The molecule has 0 bridgehead atoms. The summed E-state index contributed by atoms with van der Waals surface area (Å²) in [4.78, 5) is 14.3. The van der Waals surface area contributed by atoms with Crippen molar-refractivity contribution in [1.82, 2.24) is 4.90 Å². The number of hydrogen-bond donors (Lipinski definition) is 2. The highest BCUT2D eigenvalue weighted by Crippen LogP contribution is 2.31. The number of aliphatic hydroxyl groups excluding tert-OH is 1. The molecule has 4 unspecified atom stereocenters. The Balaban J connectivity index is 1.95. The summed E-state index contributed by atoms with van der Waals surface area (Å²) in [5.74, 6) is 0.954. The largest absolute Gasteiger partial charge is 0.396 e. The topological polar surface area (TPSA) is 66.6 Å². The molecule has 4 atom stereocenters. The molecule has 2 fully saturated rings. The molecule has 0 aromatic carbocycles. The molecule has 1 saturated carbocycles. The SMILES string of the molecule is CC1C(N)CCCC1C(=O)N1CCC(CO)C1. The van der Waals surface area contributed by atoms with Gasteiger partial charge in [0.15, 0.2) is 0 Å². The Hall–Kier alpha value is -0.610. The van der Waals surface area contributed by atoms with Gasteiger partial charge in [-0.3, -0.25) is 4.79 Å². The van der Waals surface area contributed by atoms with Gasteiger partial charge >= 0.3 is 0 Å². The average molecular weight is 240 g/mol. The molecule has 17 heavy (non-hydrogen) atoms. The van der Waals surface area contributed by atoms with E-state index < -0.39 is 0 Å². The number of likely N-dealkylation sites (tertiary alicyclic amines) is 1. The predicted octanol–water partition coefficient (Wildman–Crippen LogP) is 0.591. The normalized spacial score (nSPS) is 38.4. The fourth-order valence-corrected chi connectivity index (χ4v) is 3.16. The van der Waals surface area contributed by atoms with Gasteiger partial charge in [-0.1, -0.05) is 13.3 Å². The molecule has 1 amide bonds. The molecule has 3 N–H and O–H groups in total. The van der Waals surface area contributed by atoms with Crippen LogP contribution in [-0.2, 0) is 4.79 Å². The second-order valence-corrected chi connectivity index (χ2v) is 5.68. The first-order valence-corrected chi connectivity index (χ1v) is 6.78. The second kappa shape index (κ2) is 5.36. The minimum absolute atomic E-state index is 0.108. The first-order chi connectivity index (χ1) is 8.13. The van der Waals surface area contributed by atoms with Crippen LogP contribution >= 0.6 is 0 Å². The third-order valence-corrected chi connectivity index (χ3v) is 4.54. The molecular weight excluding hydrogens is 216 g/mol. The summed E-state index contributed by atoms with van der Waals surface area (Å²) in [7, 11) is 0. The minimum atomic E-state index is 0.108. The van der Waals surface area contributed by atoms with Gasteiger partial charge in [-0.2, -0.15) is 0 Å². The third kappa shape index (κ3) is 2.63. The Morgan fingerprint density at radius 2 is 2.18 bits per heavy atom. The maximum Gasteiger partial charge on any atom is 0.226 e. The predicted molar refractivity (Wildman–Crippen MR) is 66.3 cm³/mol. The maximum atomic E-state index is 12.4. The zero-order chi connectivity index (χ0) is 12.4. The fraction of sp³-hybridized carbons (Fsp3) is 0.923. The summed E-state index contributed by atoms with van der Waals surface area (Å²) in [6.45, 7) is 3.84. The number of carbonyl (C=O) groups is 1. The van der Waals surface area contributed by atoms with Gasteiger partial charge in [0.05, 0.1) is 0 Å². The van der Waals surface area contributed by atoms with Crippen LogP contribution in [0.25, 0.3) is 0 Å². The lowest BCUT2D eigenvalue weighted by Gasteiger charge is -2.35. The van der Waals surface area contributed by atoms with Crippen LogP contribution in [0.5, 0.6) is 0 Å². The van der Waals surface area contributed by atoms with Crippen LogP contribution in [0.4, 0.5) is 0 Å². The standard InChI is InChI=1S/C13H24N2O2/c1-9-11(3-2-4-12(9)14)13(17)15-6-5-10(7-15)8-16/h9-12,16H,2-8,14H2,1H3. The van der Waals surface area contributed by atoms with Crippen LogP contribution in [0.3, 0.4) is 0 Å². The highest BCUT2D eigenvalue weighted by Gasteiger charge is 2.37. The van der Waals surface area contributed by atoms with Crippen LogP contribution in [-0.4, -0.2) is 41.7 Å². The summed E-state index contributed by atoms with van der Waals surface area (Å²) in [6.07, 6.45) is 4.03. The summed E-state index contributed by atoms with van der Waals surface area (Å²) in [5.41, 5.74) is 6.05. The first-order valence-electron chi connectivity index (χ1n) is 6.78. The molecule has 98 valence electrons. The highest BCUT2D eigenvalue weighted by atomic mass is 16.3. The molecule has 1 aliphatic heterocycles. The van der Waals surface area contributed by atoms with E-state index in [0.717, 1.165) is 38.8 Å². The minimum Gasteiger partial charge on any atom is -0.396 e. The maximum absolute atomic E-state index is 12.4. The quantitative estimate of drug-likeness (QED) is 0.742. The molecule has 0 radical (unpaired) electrons. The number of aliphatic hydroxyl groups is 1. The fourth-order valence-electron chi connectivity index (χ4n) is 3.16. The molecule has 0 aromatic rings. The van der Waals surface area contributed by atoms with E-state index in [1.807, 2.05) is 4.90 Å². The molecule has 4 nitrogen and oxygen atoms in total. The molecule has 1 aliphatic carbocycles. The van der Waals surface area contributed by atoms with Gasteiger partial charge in [0, 0.05) is 37.6 Å². The number of carbonyl (C=O) groups excluding carboxylic acids is 1. The Bertz CT molecular complexity index is 283. The lowest BCUT2D eigenvalue weighted by Crippen LogP contribution is -2.45. The Morgan fingerprint density at radius 3 is 2.82 bits per heavy atom. The molecular formula is C13H24N2O2. The first kappa shape index (κ1) is 12.8. The van der Waals surface area contributed by atoms with Crippen LogP contribution in [0, 0.1) is 17.8 Å².